The van der Waals surface area contributed by atoms with Gasteiger partial charge in [-0.25, -0.2) is 9.97 Å². The lowest BCUT2D eigenvalue weighted by molar-refractivity contribution is -0.138. The van der Waals surface area contributed by atoms with Gasteiger partial charge in [0.2, 0.25) is 11.9 Å². The summed E-state index contributed by atoms with van der Waals surface area (Å²) in [6.07, 6.45) is -3.01. The fourth-order valence-electron chi connectivity index (χ4n) is 0.752. The lowest BCUT2D eigenvalue weighted by Gasteiger charge is -2.06. The normalized spacial score (nSPS) is 10.2. The molecular formula is C10H14F3N3O. The number of hydrogen-bond acceptors (Lipinski definition) is 3. The summed E-state index contributed by atoms with van der Waals surface area (Å²) >= 11 is 0. The van der Waals surface area contributed by atoms with Gasteiger partial charge in [-0.3, -0.25) is 10.1 Å². The highest BCUT2D eigenvalue weighted by Gasteiger charge is 2.31. The molecule has 0 aliphatic carbocycles. The lowest BCUT2D eigenvalue weighted by atomic mass is 10.3. The van der Waals surface area contributed by atoms with E-state index < -0.39 is 11.7 Å². The van der Waals surface area contributed by atoms with Gasteiger partial charge >= 0.3 is 6.18 Å². The van der Waals surface area contributed by atoms with Crippen LogP contribution in [-0.2, 0) is 11.0 Å². The van der Waals surface area contributed by atoms with Gasteiger partial charge in [0.25, 0.3) is 0 Å². The molecule has 1 aromatic heterocycles. The van der Waals surface area contributed by atoms with Crippen LogP contribution in [0.4, 0.5) is 19.1 Å². The molecule has 0 bridgehead atoms. The lowest BCUT2D eigenvalue weighted by Crippen LogP contribution is -2.13. The molecule has 0 saturated carbocycles. The highest BCUT2D eigenvalue weighted by molar-refractivity contribution is 5.88. The summed E-state index contributed by atoms with van der Waals surface area (Å²) in [5, 5.41) is 2.24. The third kappa shape index (κ3) is 5.28. The molecule has 1 heterocycles. The number of rotatable bonds is 2. The molecule has 0 aliphatic rings. The van der Waals surface area contributed by atoms with E-state index in [-0.39, 0.29) is 18.3 Å². The van der Waals surface area contributed by atoms with Crippen molar-refractivity contribution in [1.29, 1.82) is 0 Å². The minimum absolute atomic E-state index is 0.130. The van der Waals surface area contributed by atoms with Gasteiger partial charge in [0.05, 0.1) is 5.56 Å². The van der Waals surface area contributed by atoms with Gasteiger partial charge in [-0.15, -0.1) is 0 Å². The third-order valence-electron chi connectivity index (χ3n) is 1.55. The van der Waals surface area contributed by atoms with E-state index in [2.05, 4.69) is 15.3 Å². The van der Waals surface area contributed by atoms with E-state index in [1.165, 1.54) is 0 Å². The van der Waals surface area contributed by atoms with Crippen molar-refractivity contribution in [2.24, 2.45) is 0 Å². The van der Waals surface area contributed by atoms with Crippen molar-refractivity contribution in [3.63, 3.8) is 0 Å². The second-order valence-corrected chi connectivity index (χ2v) is 2.69. The summed E-state index contributed by atoms with van der Waals surface area (Å²) in [4.78, 5) is 17.6. The standard InChI is InChI=1S/C8H8F3N3O.C2H6/c1-2-6(15)14-7-12-3-5(4-13-7)8(9,10)11;1-2/h3-4H,2H2,1H3,(H,12,13,14,15);1-2H3. The number of aromatic nitrogens is 2. The highest BCUT2D eigenvalue weighted by Crippen LogP contribution is 2.27. The SMILES string of the molecule is CC.CCC(=O)Nc1ncc(C(F)(F)F)cn1. The van der Waals surface area contributed by atoms with Gasteiger partial charge < -0.3 is 0 Å². The van der Waals surface area contributed by atoms with Crippen molar-refractivity contribution in [3.8, 4) is 0 Å². The van der Waals surface area contributed by atoms with Crippen molar-refractivity contribution >= 4 is 11.9 Å². The van der Waals surface area contributed by atoms with Gasteiger partial charge in [0.15, 0.2) is 0 Å². The van der Waals surface area contributed by atoms with Gasteiger partial charge in [0.1, 0.15) is 0 Å². The van der Waals surface area contributed by atoms with Crippen LogP contribution in [0.25, 0.3) is 0 Å². The Morgan fingerprint density at radius 1 is 1.29 bits per heavy atom. The molecular weight excluding hydrogens is 235 g/mol. The predicted octanol–water partition coefficient (Wildman–Crippen LogP) is 2.87. The molecule has 1 aromatic rings. The van der Waals surface area contributed by atoms with E-state index in [1.807, 2.05) is 13.8 Å². The highest BCUT2D eigenvalue weighted by atomic mass is 19.4. The molecule has 0 radical (unpaired) electrons. The third-order valence-corrected chi connectivity index (χ3v) is 1.55. The Bertz CT molecular complexity index is 349. The minimum atomic E-state index is -4.46. The molecule has 4 nitrogen and oxygen atoms in total. The van der Waals surface area contributed by atoms with Crippen molar-refractivity contribution < 1.29 is 18.0 Å². The molecule has 7 heteroatoms. The molecule has 0 unspecified atom stereocenters. The molecule has 0 spiro atoms. The van der Waals surface area contributed by atoms with E-state index in [0.29, 0.717) is 12.4 Å². The molecule has 1 rings (SSSR count). The quantitative estimate of drug-likeness (QED) is 0.876. The van der Waals surface area contributed by atoms with Crippen LogP contribution < -0.4 is 5.32 Å². The number of alkyl halides is 3. The second kappa shape index (κ2) is 6.82. The number of anilines is 1. The molecule has 0 aliphatic heterocycles. The Kier molecular flexibility index (Phi) is 6.16. The van der Waals surface area contributed by atoms with Crippen molar-refractivity contribution in [2.45, 2.75) is 33.4 Å². The summed E-state index contributed by atoms with van der Waals surface area (Å²) in [6, 6.07) is 0. The first-order chi connectivity index (χ1) is 7.93. The summed E-state index contributed by atoms with van der Waals surface area (Å²) in [5.41, 5.74) is -0.947. The monoisotopic (exact) mass is 249 g/mol. The van der Waals surface area contributed by atoms with Gasteiger partial charge in [-0.05, 0) is 0 Å². The number of nitrogens with zero attached hydrogens (tertiary/aromatic N) is 2. The summed E-state index contributed by atoms with van der Waals surface area (Å²) in [7, 11) is 0. The van der Waals surface area contributed by atoms with Crippen LogP contribution in [0.2, 0.25) is 0 Å². The fourth-order valence-corrected chi connectivity index (χ4v) is 0.752. The zero-order valence-corrected chi connectivity index (χ0v) is 9.80. The van der Waals surface area contributed by atoms with Crippen LogP contribution in [0.1, 0.15) is 32.8 Å². The fraction of sp³-hybridized carbons (Fsp3) is 0.500. The summed E-state index contributed by atoms with van der Waals surface area (Å²) in [5.74, 6) is -0.482. The summed E-state index contributed by atoms with van der Waals surface area (Å²) in [6.45, 7) is 5.61. The Morgan fingerprint density at radius 2 is 1.76 bits per heavy atom. The van der Waals surface area contributed by atoms with Crippen molar-refractivity contribution in [3.05, 3.63) is 18.0 Å². The zero-order chi connectivity index (χ0) is 13.5. The number of hydrogen-bond donors (Lipinski definition) is 1. The maximum absolute atomic E-state index is 12.1. The Balaban J connectivity index is 0.00000121. The number of amides is 1. The molecule has 0 fully saturated rings. The average Bonchev–Trinajstić information content (AvgIpc) is 2.31. The Labute approximate surface area is 97.3 Å². The number of carbonyl (C=O) groups excluding carboxylic acids is 1. The topological polar surface area (TPSA) is 54.9 Å². The van der Waals surface area contributed by atoms with Crippen molar-refractivity contribution in [1.82, 2.24) is 9.97 Å². The van der Waals surface area contributed by atoms with E-state index >= 15 is 0 Å². The first-order valence-corrected chi connectivity index (χ1v) is 5.12. The predicted molar refractivity (Wildman–Crippen MR) is 57.3 cm³/mol. The first kappa shape index (κ1) is 15.3. The largest absolute Gasteiger partial charge is 0.419 e. The molecule has 0 saturated heterocycles. The Morgan fingerprint density at radius 3 is 2.12 bits per heavy atom. The molecule has 0 aromatic carbocycles. The van der Waals surface area contributed by atoms with E-state index in [1.54, 1.807) is 6.92 Å². The van der Waals surface area contributed by atoms with E-state index in [9.17, 15) is 18.0 Å². The maximum atomic E-state index is 12.1. The van der Waals surface area contributed by atoms with E-state index in [4.69, 9.17) is 0 Å². The number of carbonyl (C=O) groups is 1. The van der Waals surface area contributed by atoms with Crippen LogP contribution in [0.15, 0.2) is 12.4 Å². The first-order valence-electron chi connectivity index (χ1n) is 5.12. The smallest absolute Gasteiger partial charge is 0.295 e. The van der Waals surface area contributed by atoms with Crippen LogP contribution in [0.5, 0.6) is 0 Å². The minimum Gasteiger partial charge on any atom is -0.295 e. The number of nitrogens with one attached hydrogen (secondary N) is 1. The number of halogens is 3. The maximum Gasteiger partial charge on any atom is 0.419 e. The van der Waals surface area contributed by atoms with E-state index in [0.717, 1.165) is 0 Å². The molecule has 17 heavy (non-hydrogen) atoms. The van der Waals surface area contributed by atoms with Crippen molar-refractivity contribution in [2.75, 3.05) is 5.32 Å². The van der Waals surface area contributed by atoms with Gasteiger partial charge in [-0.1, -0.05) is 20.8 Å². The van der Waals surface area contributed by atoms with Crippen LogP contribution in [0.3, 0.4) is 0 Å². The molecule has 1 N–H and O–H groups in total. The molecule has 1 amide bonds. The summed E-state index contributed by atoms with van der Waals surface area (Å²) < 4.78 is 36.2. The molecule has 96 valence electrons. The average molecular weight is 249 g/mol. The van der Waals surface area contributed by atoms with Crippen LogP contribution >= 0.6 is 0 Å². The van der Waals surface area contributed by atoms with Crippen LogP contribution in [-0.4, -0.2) is 15.9 Å². The zero-order valence-electron chi connectivity index (χ0n) is 9.80. The van der Waals surface area contributed by atoms with Crippen LogP contribution in [0, 0.1) is 0 Å². The van der Waals surface area contributed by atoms with Gasteiger partial charge in [0, 0.05) is 18.8 Å². The second-order valence-electron chi connectivity index (χ2n) is 2.69. The Hall–Kier alpha value is -1.66. The van der Waals surface area contributed by atoms with Gasteiger partial charge in [-0.2, -0.15) is 13.2 Å². The molecule has 0 atom stereocenters.